The summed E-state index contributed by atoms with van der Waals surface area (Å²) in [6.07, 6.45) is 8.26. The number of aromatic hydroxyl groups is 1. The van der Waals surface area contributed by atoms with Gasteiger partial charge in [0.05, 0.1) is 22.6 Å². The van der Waals surface area contributed by atoms with Gasteiger partial charge in [-0.2, -0.15) is 16.9 Å². The van der Waals surface area contributed by atoms with E-state index in [1.165, 1.54) is 30.6 Å². The highest BCUT2D eigenvalue weighted by atomic mass is 35.5. The normalized spacial score (nSPS) is 16.0. The molecule has 1 fully saturated rings. The number of nitrogens with one attached hydrogen (secondary N) is 2. The van der Waals surface area contributed by atoms with Crippen LogP contribution in [0.2, 0.25) is 5.02 Å². The molecule has 4 aromatic rings. The Morgan fingerprint density at radius 2 is 2.15 bits per heavy atom. The summed E-state index contributed by atoms with van der Waals surface area (Å²) >= 11 is 8.34. The van der Waals surface area contributed by atoms with Crippen LogP contribution in [0.4, 0.5) is 10.1 Å². The predicted molar refractivity (Wildman–Crippen MR) is 135 cm³/mol. The third kappa shape index (κ3) is 5.00. The Morgan fingerprint density at radius 1 is 1.33 bits per heavy atom. The van der Waals surface area contributed by atoms with E-state index in [4.69, 9.17) is 11.6 Å². The van der Waals surface area contributed by atoms with E-state index >= 15 is 0 Å². The average molecular weight is 489 g/mol. The number of benzene rings is 1. The van der Waals surface area contributed by atoms with Crippen molar-refractivity contribution in [1.82, 2.24) is 25.1 Å². The monoisotopic (exact) mass is 488 g/mol. The number of halogens is 2. The van der Waals surface area contributed by atoms with Gasteiger partial charge in [0.2, 0.25) is 0 Å². The van der Waals surface area contributed by atoms with Gasteiger partial charge in [0.1, 0.15) is 5.52 Å². The predicted octanol–water partition coefficient (Wildman–Crippen LogP) is 4.82. The zero-order chi connectivity index (χ0) is 23.5. The molecule has 174 valence electrons. The Balaban J connectivity index is 0.000000275. The Hall–Kier alpha value is -2.62. The number of phenols is 1. The number of hydrogen-bond acceptors (Lipinski definition) is 7. The van der Waals surface area contributed by atoms with Crippen LogP contribution in [0.15, 0.2) is 30.6 Å². The minimum Gasteiger partial charge on any atom is -0.504 e. The molecule has 4 heterocycles. The average Bonchev–Trinajstić information content (AvgIpc) is 3.22. The quantitative estimate of drug-likeness (QED) is 0.381. The molecule has 1 aliphatic rings. The summed E-state index contributed by atoms with van der Waals surface area (Å²) in [5, 5.41) is 23.2. The lowest BCUT2D eigenvalue weighted by atomic mass is 10.1. The minimum absolute atomic E-state index is 0.104. The maximum Gasteiger partial charge on any atom is 0.193 e. The molecule has 3 N–H and O–H groups in total. The third-order valence-corrected chi connectivity index (χ3v) is 6.97. The summed E-state index contributed by atoms with van der Waals surface area (Å²) < 4.78 is 15.9. The molecule has 0 bridgehead atoms. The number of phenolic OH excluding ortho intramolecular Hbond substituents is 1. The summed E-state index contributed by atoms with van der Waals surface area (Å²) in [5.41, 5.74) is 1.89. The molecule has 1 aromatic carbocycles. The van der Waals surface area contributed by atoms with Crippen LogP contribution in [-0.4, -0.2) is 56.5 Å². The zero-order valence-corrected chi connectivity index (χ0v) is 20.3. The Kier molecular flexibility index (Phi) is 7.21. The molecule has 1 unspecified atom stereocenters. The number of rotatable bonds is 3. The lowest BCUT2D eigenvalue weighted by molar-refractivity contribution is 0.437. The minimum atomic E-state index is -0.787. The van der Waals surface area contributed by atoms with Gasteiger partial charge in [-0.1, -0.05) is 11.6 Å². The van der Waals surface area contributed by atoms with Crippen LogP contribution in [0.5, 0.6) is 5.75 Å². The highest BCUT2D eigenvalue weighted by molar-refractivity contribution is 7.99. The maximum absolute atomic E-state index is 14.5. The van der Waals surface area contributed by atoms with Gasteiger partial charge in [0.15, 0.2) is 17.2 Å². The largest absolute Gasteiger partial charge is 0.504 e. The van der Waals surface area contributed by atoms with Gasteiger partial charge in [0, 0.05) is 48.4 Å². The number of fused-ring (bicyclic) bond motifs is 2. The van der Waals surface area contributed by atoms with E-state index in [2.05, 4.69) is 32.0 Å². The lowest BCUT2D eigenvalue weighted by Crippen LogP contribution is -2.31. The second-order valence-corrected chi connectivity index (χ2v) is 9.41. The molecule has 0 spiro atoms. The number of thioether (sulfide) groups is 1. The molecule has 10 heteroatoms. The van der Waals surface area contributed by atoms with Gasteiger partial charge in [-0.25, -0.2) is 14.4 Å². The summed E-state index contributed by atoms with van der Waals surface area (Å²) in [4.78, 5) is 8.69. The highest BCUT2D eigenvalue weighted by Crippen LogP contribution is 2.37. The van der Waals surface area contributed by atoms with E-state index in [-0.39, 0.29) is 11.1 Å². The van der Waals surface area contributed by atoms with Crippen LogP contribution in [0.25, 0.3) is 33.2 Å². The third-order valence-electron chi connectivity index (χ3n) is 5.59. The first-order valence-corrected chi connectivity index (χ1v) is 12.3. The fourth-order valence-corrected chi connectivity index (χ4v) is 4.72. The number of nitrogens with zero attached hydrogens (tertiary/aromatic N) is 4. The standard InChI is InChI=1S/C17H13ClFN5O.C6H13NS/c1-20-9-4-10-12(18)5-13(22-17(10)21-6-9)11-3-8-7-24(2)23-15(8)14(19)16(11)25;1-8-6-3-2-4-7-5-6/h3-7,20,25H,1-2H3;6-7H,2-5H2,1H3. The second kappa shape index (κ2) is 10.1. The number of hydrogen-bond donors (Lipinski definition) is 3. The first-order valence-electron chi connectivity index (χ1n) is 10.6. The van der Waals surface area contributed by atoms with Crippen LogP contribution >= 0.6 is 23.4 Å². The van der Waals surface area contributed by atoms with Crippen LogP contribution in [0.1, 0.15) is 12.8 Å². The maximum atomic E-state index is 14.5. The summed E-state index contributed by atoms with van der Waals surface area (Å²) in [6, 6.07) is 5.04. The molecule has 7 nitrogen and oxygen atoms in total. The van der Waals surface area contributed by atoms with Crippen molar-refractivity contribution in [2.45, 2.75) is 18.1 Å². The second-order valence-electron chi connectivity index (χ2n) is 7.87. The molecule has 3 aromatic heterocycles. The number of aryl methyl sites for hydroxylation is 1. The van der Waals surface area contributed by atoms with Crippen LogP contribution in [-0.2, 0) is 7.05 Å². The molecule has 0 amide bonds. The molecule has 0 radical (unpaired) electrons. The number of pyridine rings is 2. The SMILES string of the molecule is CNc1cnc2nc(-c3cc4cn(C)nc4c(F)c3O)cc(Cl)c2c1.CSC1CCCNC1. The first kappa shape index (κ1) is 23.5. The van der Waals surface area contributed by atoms with Crippen molar-refractivity contribution >= 4 is 51.0 Å². The topological polar surface area (TPSA) is 87.9 Å². The van der Waals surface area contributed by atoms with Crippen molar-refractivity contribution in [3.63, 3.8) is 0 Å². The molecule has 1 saturated heterocycles. The van der Waals surface area contributed by atoms with Gasteiger partial charge < -0.3 is 15.7 Å². The van der Waals surface area contributed by atoms with Crippen LogP contribution in [0.3, 0.4) is 0 Å². The van der Waals surface area contributed by atoms with Crippen LogP contribution < -0.4 is 10.6 Å². The molecular formula is C23H26ClFN6OS. The summed E-state index contributed by atoms with van der Waals surface area (Å²) in [6.45, 7) is 2.46. The molecule has 33 heavy (non-hydrogen) atoms. The van der Waals surface area contributed by atoms with E-state index in [1.807, 2.05) is 17.8 Å². The first-order chi connectivity index (χ1) is 15.9. The fourth-order valence-electron chi connectivity index (χ4n) is 3.79. The van der Waals surface area contributed by atoms with Gasteiger partial charge in [-0.05, 0) is 43.8 Å². The zero-order valence-electron chi connectivity index (χ0n) is 18.7. The number of piperidine rings is 1. The summed E-state index contributed by atoms with van der Waals surface area (Å²) in [5.74, 6) is -1.30. The van der Waals surface area contributed by atoms with Crippen LogP contribution in [0, 0.1) is 5.82 Å². The van der Waals surface area contributed by atoms with Gasteiger partial charge in [0.25, 0.3) is 0 Å². The lowest BCUT2D eigenvalue weighted by Gasteiger charge is -2.19. The Labute approximate surface area is 200 Å². The summed E-state index contributed by atoms with van der Waals surface area (Å²) in [7, 11) is 3.47. The molecular weight excluding hydrogens is 463 g/mol. The van der Waals surface area contributed by atoms with Crippen molar-refractivity contribution in [1.29, 1.82) is 0 Å². The van der Waals surface area contributed by atoms with Gasteiger partial charge in [-0.3, -0.25) is 4.68 Å². The van der Waals surface area contributed by atoms with Crippen molar-refractivity contribution in [2.24, 2.45) is 7.05 Å². The van der Waals surface area contributed by atoms with Crippen molar-refractivity contribution in [3.05, 3.63) is 41.4 Å². The number of aromatic nitrogens is 4. The fraction of sp³-hybridized carbons (Fsp3) is 0.348. The molecule has 0 aliphatic carbocycles. The van der Waals surface area contributed by atoms with E-state index in [9.17, 15) is 9.50 Å². The number of anilines is 1. The van der Waals surface area contributed by atoms with E-state index in [0.29, 0.717) is 27.1 Å². The van der Waals surface area contributed by atoms with Gasteiger partial charge >= 0.3 is 0 Å². The molecule has 5 rings (SSSR count). The Bertz CT molecular complexity index is 1290. The Morgan fingerprint density at radius 3 is 2.82 bits per heavy atom. The van der Waals surface area contributed by atoms with E-state index in [1.54, 1.807) is 38.6 Å². The highest BCUT2D eigenvalue weighted by Gasteiger charge is 2.19. The van der Waals surface area contributed by atoms with Crippen molar-refractivity contribution in [2.75, 3.05) is 31.7 Å². The van der Waals surface area contributed by atoms with E-state index < -0.39 is 11.6 Å². The molecule has 1 aliphatic heterocycles. The smallest absolute Gasteiger partial charge is 0.193 e. The molecule has 1 atom stereocenters. The van der Waals surface area contributed by atoms with Crippen molar-refractivity contribution in [3.8, 4) is 17.0 Å². The van der Waals surface area contributed by atoms with E-state index in [0.717, 1.165) is 10.9 Å². The molecule has 0 saturated carbocycles. The van der Waals surface area contributed by atoms with Gasteiger partial charge in [-0.15, -0.1) is 0 Å². The van der Waals surface area contributed by atoms with Crippen molar-refractivity contribution < 1.29 is 9.50 Å².